The van der Waals surface area contributed by atoms with E-state index in [2.05, 4.69) is 39.1 Å². The number of benzene rings is 2. The van der Waals surface area contributed by atoms with Crippen molar-refractivity contribution < 1.29 is 28.0 Å². The first kappa shape index (κ1) is 23.0. The van der Waals surface area contributed by atoms with E-state index in [1.54, 1.807) is 0 Å². The van der Waals surface area contributed by atoms with Gasteiger partial charge in [0, 0.05) is 0 Å². The molecule has 0 radical (unpaired) electrons. The minimum atomic E-state index is -0.746. The Labute approximate surface area is 192 Å². The van der Waals surface area contributed by atoms with Crippen molar-refractivity contribution in [3.8, 4) is 16.9 Å². The van der Waals surface area contributed by atoms with Gasteiger partial charge in [0.2, 0.25) is 0 Å². The molecule has 0 aromatic heterocycles. The molecule has 5 nitrogen and oxygen atoms in total. The summed E-state index contributed by atoms with van der Waals surface area (Å²) in [6.45, 7) is 10.6. The Hall–Kier alpha value is -3.22. The van der Waals surface area contributed by atoms with E-state index in [4.69, 9.17) is 4.74 Å². The summed E-state index contributed by atoms with van der Waals surface area (Å²) in [5.74, 6) is -2.02. The number of aliphatic hydroxyl groups excluding tert-OH is 1. The fraction of sp³-hybridized carbons (Fsp3) is 0.385. The number of halogens is 2. The summed E-state index contributed by atoms with van der Waals surface area (Å²) in [4.78, 5) is 11.9. The van der Waals surface area contributed by atoms with Crippen LogP contribution in [0.2, 0.25) is 0 Å². The second-order valence-corrected chi connectivity index (χ2v) is 10.1. The zero-order chi connectivity index (χ0) is 24.3. The van der Waals surface area contributed by atoms with Gasteiger partial charge in [-0.3, -0.25) is 0 Å². The van der Waals surface area contributed by atoms with Crippen LogP contribution in [-0.4, -0.2) is 29.0 Å². The molecule has 2 aliphatic rings. The molecule has 0 spiro atoms. The van der Waals surface area contributed by atoms with Gasteiger partial charge in [0.1, 0.15) is 12.0 Å². The third-order valence-corrected chi connectivity index (χ3v) is 6.88. The lowest BCUT2D eigenvalue weighted by atomic mass is 9.62. The highest BCUT2D eigenvalue weighted by atomic mass is 19.1. The number of aryl methyl sites for hydroxylation is 1. The maximum atomic E-state index is 15.9. The number of carbonyl (C=O) groups is 1. The quantitative estimate of drug-likeness (QED) is 0.574. The highest BCUT2D eigenvalue weighted by Gasteiger charge is 2.38. The lowest BCUT2D eigenvalue weighted by molar-refractivity contribution is -0.336. The predicted octanol–water partition coefficient (Wildman–Crippen LogP) is 5.81. The Kier molecular flexibility index (Phi) is 5.34. The summed E-state index contributed by atoms with van der Waals surface area (Å²) in [5.41, 5.74) is 3.43. The van der Waals surface area contributed by atoms with E-state index < -0.39 is 17.7 Å². The van der Waals surface area contributed by atoms with Crippen LogP contribution in [-0.2, 0) is 10.8 Å². The van der Waals surface area contributed by atoms with Crippen molar-refractivity contribution in [2.45, 2.75) is 58.3 Å². The number of hydrogen-bond donors (Lipinski definition) is 2. The van der Waals surface area contributed by atoms with E-state index in [-0.39, 0.29) is 33.6 Å². The summed E-state index contributed by atoms with van der Waals surface area (Å²) in [5, 5.41) is 11.7. The van der Waals surface area contributed by atoms with Crippen LogP contribution in [0.4, 0.5) is 13.6 Å². The van der Waals surface area contributed by atoms with Crippen LogP contribution in [0.25, 0.3) is 11.1 Å². The van der Waals surface area contributed by atoms with Crippen LogP contribution in [0.5, 0.6) is 5.75 Å². The van der Waals surface area contributed by atoms with E-state index in [1.807, 2.05) is 13.0 Å². The van der Waals surface area contributed by atoms with Crippen molar-refractivity contribution in [2.24, 2.45) is 0 Å². The number of methoxy groups -OCH3 is 1. The van der Waals surface area contributed by atoms with E-state index >= 15 is 8.78 Å². The summed E-state index contributed by atoms with van der Waals surface area (Å²) >= 11 is 0. The molecule has 0 saturated carbocycles. The Morgan fingerprint density at radius 1 is 1.09 bits per heavy atom. The second-order valence-electron chi connectivity index (χ2n) is 10.1. The maximum Gasteiger partial charge on any atom is 0.503 e. The molecule has 7 heteroatoms. The molecule has 0 fully saturated rings. The Balaban J connectivity index is 1.99. The van der Waals surface area contributed by atoms with Gasteiger partial charge in [-0.25, -0.2) is 8.78 Å². The molecule has 1 heterocycles. The van der Waals surface area contributed by atoms with Gasteiger partial charge in [-0.2, -0.15) is 14.7 Å². The predicted molar refractivity (Wildman–Crippen MR) is 123 cm³/mol. The number of urea groups is 1. The molecule has 4 rings (SSSR count). The number of hydrogen-bond acceptors (Lipinski definition) is 3. The average Bonchev–Trinajstić information content (AvgIpc) is 3.04. The van der Waals surface area contributed by atoms with Crippen molar-refractivity contribution in [1.82, 2.24) is 5.32 Å². The van der Waals surface area contributed by atoms with Crippen molar-refractivity contribution in [2.75, 3.05) is 7.11 Å². The first-order valence-corrected chi connectivity index (χ1v) is 10.9. The van der Waals surface area contributed by atoms with Gasteiger partial charge in [0.15, 0.2) is 17.8 Å². The molecular formula is C26H29F2N2O3+. The summed E-state index contributed by atoms with van der Waals surface area (Å²) in [6.07, 6.45) is 4.26. The molecule has 2 aromatic rings. The molecule has 0 unspecified atom stereocenters. The average molecular weight is 456 g/mol. The zero-order valence-electron chi connectivity index (χ0n) is 19.8. The van der Waals surface area contributed by atoms with E-state index in [1.165, 1.54) is 12.7 Å². The van der Waals surface area contributed by atoms with Crippen LogP contribution < -0.4 is 10.1 Å². The molecule has 0 saturated heterocycles. The van der Waals surface area contributed by atoms with Crippen LogP contribution in [0, 0.1) is 18.6 Å². The van der Waals surface area contributed by atoms with E-state index in [9.17, 15) is 9.90 Å². The van der Waals surface area contributed by atoms with Crippen molar-refractivity contribution in [1.29, 1.82) is 0 Å². The van der Waals surface area contributed by atoms with Gasteiger partial charge >= 0.3 is 11.9 Å². The molecule has 0 atom stereocenters. The van der Waals surface area contributed by atoms with Crippen molar-refractivity contribution in [3.63, 3.8) is 0 Å². The molecule has 174 valence electrons. The SMILES string of the molecule is COc1c(F)cc(C=[N+]2C=C(O)NC2=O)c(F)c1-c1cc2c(cc1C)C(C)(C)CCC2(C)C. The maximum absolute atomic E-state index is 15.9. The standard InChI is InChI=1S/C26H28F2N2O3/c1-14-9-17-18(26(4,5)8-7-25(17,2)3)11-16(14)21-22(28)15(10-19(27)23(21)33-6)12-30-13-20(31)29-24(30)32/h9-13H,7-8H2,1-6H3,(H-,29,31,32)/p+1. The number of ether oxygens (including phenoxy) is 1. The van der Waals surface area contributed by atoms with Gasteiger partial charge < -0.3 is 9.84 Å². The molecule has 1 aliphatic heterocycles. The number of rotatable bonds is 3. The van der Waals surface area contributed by atoms with Gasteiger partial charge in [-0.1, -0.05) is 33.8 Å². The number of amides is 2. The lowest BCUT2D eigenvalue weighted by Crippen LogP contribution is -2.34. The summed E-state index contributed by atoms with van der Waals surface area (Å²) in [7, 11) is 1.31. The highest BCUT2D eigenvalue weighted by molar-refractivity contribution is 5.87. The number of aliphatic hydroxyl groups is 1. The zero-order valence-corrected chi connectivity index (χ0v) is 19.8. The third kappa shape index (κ3) is 3.79. The molecule has 0 bridgehead atoms. The van der Waals surface area contributed by atoms with Gasteiger partial charge in [-0.05, 0) is 65.0 Å². The van der Waals surface area contributed by atoms with Crippen LogP contribution in [0.15, 0.2) is 30.3 Å². The van der Waals surface area contributed by atoms with Gasteiger partial charge in [0.05, 0.1) is 18.2 Å². The molecule has 2 aromatic carbocycles. The Bertz CT molecular complexity index is 1240. The van der Waals surface area contributed by atoms with Gasteiger partial charge in [0.25, 0.3) is 0 Å². The van der Waals surface area contributed by atoms with Crippen LogP contribution in [0.3, 0.4) is 0 Å². The van der Waals surface area contributed by atoms with Crippen LogP contribution in [0.1, 0.15) is 62.8 Å². The number of fused-ring (bicyclic) bond motifs is 1. The normalized spacial score (nSPS) is 19.8. The smallest absolute Gasteiger partial charge is 0.493 e. The Morgan fingerprint density at radius 3 is 2.24 bits per heavy atom. The molecule has 33 heavy (non-hydrogen) atoms. The van der Waals surface area contributed by atoms with Crippen molar-refractivity contribution in [3.05, 3.63) is 64.2 Å². The van der Waals surface area contributed by atoms with E-state index in [0.717, 1.165) is 47.0 Å². The second kappa shape index (κ2) is 7.68. The monoisotopic (exact) mass is 455 g/mol. The first-order valence-electron chi connectivity index (χ1n) is 10.9. The fourth-order valence-electron chi connectivity index (χ4n) is 4.80. The number of nitrogens with zero attached hydrogens (tertiary/aromatic N) is 1. The highest BCUT2D eigenvalue weighted by Crippen LogP contribution is 2.49. The summed E-state index contributed by atoms with van der Waals surface area (Å²) < 4.78 is 37.2. The molecular weight excluding hydrogens is 426 g/mol. The molecule has 2 amide bonds. The summed E-state index contributed by atoms with van der Waals surface area (Å²) in [6, 6.07) is 4.35. The van der Waals surface area contributed by atoms with Crippen molar-refractivity contribution >= 4 is 12.2 Å². The van der Waals surface area contributed by atoms with Crippen LogP contribution >= 0.6 is 0 Å². The fourth-order valence-corrected chi connectivity index (χ4v) is 4.80. The molecule has 1 aliphatic carbocycles. The first-order chi connectivity index (χ1) is 15.4. The Morgan fingerprint density at radius 2 is 1.70 bits per heavy atom. The van der Waals surface area contributed by atoms with E-state index in [0.29, 0.717) is 5.56 Å². The number of nitrogens with one attached hydrogen (secondary N) is 1. The largest absolute Gasteiger partial charge is 0.503 e. The van der Waals surface area contributed by atoms with Gasteiger partial charge in [-0.15, -0.1) is 0 Å². The lowest BCUT2D eigenvalue weighted by Gasteiger charge is -2.42. The topological polar surface area (TPSA) is 61.6 Å². The molecule has 2 N–H and O–H groups in total. The number of carbonyl (C=O) groups excluding carboxylic acids is 1. The minimum Gasteiger partial charge on any atom is -0.493 e. The third-order valence-electron chi connectivity index (χ3n) is 6.88. The minimum absolute atomic E-state index is 0.0102.